The fraction of sp³-hybridized carbons (Fsp3) is 0.188. The fourth-order valence-electron chi connectivity index (χ4n) is 2.59. The normalized spacial score (nSPS) is 13.0. The molecule has 1 aromatic carbocycles. The molecule has 120 valence electrons. The Morgan fingerprint density at radius 1 is 1.33 bits per heavy atom. The number of nitriles is 1. The number of aromatic carboxylic acids is 1. The van der Waals surface area contributed by atoms with Crippen molar-refractivity contribution >= 4 is 38.7 Å². The van der Waals surface area contributed by atoms with Gasteiger partial charge in [-0.25, -0.2) is 9.78 Å². The minimum atomic E-state index is -0.979. The van der Waals surface area contributed by atoms with Crippen molar-refractivity contribution in [1.29, 1.82) is 5.26 Å². The van der Waals surface area contributed by atoms with Gasteiger partial charge in [-0.2, -0.15) is 5.26 Å². The van der Waals surface area contributed by atoms with Crippen LogP contribution in [0, 0.1) is 18.3 Å². The van der Waals surface area contributed by atoms with E-state index < -0.39 is 5.97 Å². The molecule has 0 saturated heterocycles. The largest absolute Gasteiger partial charge is 0.486 e. The Balaban J connectivity index is 1.91. The molecule has 1 aliphatic heterocycles. The van der Waals surface area contributed by atoms with Gasteiger partial charge in [0.2, 0.25) is 0 Å². The Morgan fingerprint density at radius 3 is 2.83 bits per heavy atom. The first kappa shape index (κ1) is 14.9. The molecule has 8 heteroatoms. The average molecular weight is 358 g/mol. The number of hydrogen-bond acceptors (Lipinski definition) is 7. The first-order chi connectivity index (χ1) is 11.6. The highest BCUT2D eigenvalue weighted by molar-refractivity contribution is 7.26. The van der Waals surface area contributed by atoms with Gasteiger partial charge in [-0.15, -0.1) is 22.7 Å². The number of thiazole rings is 1. The summed E-state index contributed by atoms with van der Waals surface area (Å²) in [6.45, 7) is 2.55. The maximum absolute atomic E-state index is 11.2. The van der Waals surface area contributed by atoms with Gasteiger partial charge in [-0.3, -0.25) is 0 Å². The quantitative estimate of drug-likeness (QED) is 0.751. The van der Waals surface area contributed by atoms with Gasteiger partial charge >= 0.3 is 5.97 Å². The van der Waals surface area contributed by atoms with Crippen molar-refractivity contribution in [3.05, 3.63) is 28.3 Å². The molecule has 1 aliphatic rings. The van der Waals surface area contributed by atoms with Gasteiger partial charge in [0.05, 0.1) is 15.3 Å². The molecule has 0 unspecified atom stereocenters. The van der Waals surface area contributed by atoms with Crippen LogP contribution >= 0.6 is 22.7 Å². The van der Waals surface area contributed by atoms with Crippen molar-refractivity contribution in [3.8, 4) is 27.5 Å². The number of benzene rings is 1. The maximum Gasteiger partial charge on any atom is 0.347 e. The van der Waals surface area contributed by atoms with Crippen LogP contribution in [0.25, 0.3) is 20.0 Å². The Morgan fingerprint density at radius 2 is 2.12 bits per heavy atom. The predicted molar refractivity (Wildman–Crippen MR) is 90.3 cm³/mol. The summed E-state index contributed by atoms with van der Waals surface area (Å²) in [6.07, 6.45) is 0. The van der Waals surface area contributed by atoms with Crippen molar-refractivity contribution in [3.63, 3.8) is 0 Å². The Bertz CT molecular complexity index is 1030. The van der Waals surface area contributed by atoms with E-state index in [1.165, 1.54) is 11.3 Å². The predicted octanol–water partition coefficient (Wildman–Crippen LogP) is 3.67. The van der Waals surface area contributed by atoms with Gasteiger partial charge in [0, 0.05) is 0 Å². The third-order valence-electron chi connectivity index (χ3n) is 3.63. The lowest BCUT2D eigenvalue weighted by Gasteiger charge is -2.19. The molecule has 0 atom stereocenters. The SMILES string of the molecule is Cc1nc(-c2cc3cc4c(c(C#N)c3s2)OCCO4)sc1C(=O)O. The fourth-order valence-corrected chi connectivity index (χ4v) is 4.67. The maximum atomic E-state index is 11.2. The Labute approximate surface area is 144 Å². The van der Waals surface area contributed by atoms with Crippen molar-refractivity contribution in [2.24, 2.45) is 0 Å². The number of aryl methyl sites for hydroxylation is 1. The van der Waals surface area contributed by atoms with Crippen molar-refractivity contribution in [2.45, 2.75) is 6.92 Å². The molecule has 0 fully saturated rings. The molecule has 4 rings (SSSR count). The molecule has 1 N–H and O–H groups in total. The zero-order chi connectivity index (χ0) is 16.8. The lowest BCUT2D eigenvalue weighted by Crippen LogP contribution is -2.16. The second-order valence-corrected chi connectivity index (χ2v) is 7.21. The van der Waals surface area contributed by atoms with Crippen LogP contribution in [0.4, 0.5) is 0 Å². The molecule has 2 aromatic heterocycles. The first-order valence-corrected chi connectivity index (χ1v) is 8.69. The molecule has 0 saturated carbocycles. The summed E-state index contributed by atoms with van der Waals surface area (Å²) in [6, 6.07) is 5.95. The van der Waals surface area contributed by atoms with E-state index in [1.54, 1.807) is 6.92 Å². The highest BCUT2D eigenvalue weighted by Gasteiger charge is 2.23. The number of rotatable bonds is 2. The molecule has 24 heavy (non-hydrogen) atoms. The van der Waals surface area contributed by atoms with Crippen molar-refractivity contribution in [1.82, 2.24) is 4.98 Å². The molecule has 3 aromatic rings. The molecular weight excluding hydrogens is 348 g/mol. The van der Waals surface area contributed by atoms with E-state index in [2.05, 4.69) is 11.1 Å². The smallest absolute Gasteiger partial charge is 0.347 e. The lowest BCUT2D eigenvalue weighted by atomic mass is 10.1. The Hall–Kier alpha value is -2.63. The van der Waals surface area contributed by atoms with Gasteiger partial charge < -0.3 is 14.6 Å². The third-order valence-corrected chi connectivity index (χ3v) is 6.11. The topological polar surface area (TPSA) is 92.4 Å². The van der Waals surface area contributed by atoms with E-state index in [0.717, 1.165) is 26.3 Å². The lowest BCUT2D eigenvalue weighted by molar-refractivity contribution is 0.0701. The first-order valence-electron chi connectivity index (χ1n) is 7.06. The van der Waals surface area contributed by atoms with Gasteiger partial charge in [-0.1, -0.05) is 0 Å². The highest BCUT2D eigenvalue weighted by Crippen LogP contribution is 2.45. The Kier molecular flexibility index (Phi) is 3.40. The summed E-state index contributed by atoms with van der Waals surface area (Å²) < 4.78 is 12.0. The number of carbonyl (C=O) groups is 1. The molecule has 0 radical (unpaired) electrons. The van der Waals surface area contributed by atoms with Gasteiger partial charge in [0.15, 0.2) is 11.5 Å². The van der Waals surface area contributed by atoms with Crippen molar-refractivity contribution in [2.75, 3.05) is 13.2 Å². The standard InChI is InChI=1S/C16H10N2O4S2/c1-7-13(16(19)20)24-15(18-7)11-5-8-4-10-12(22-3-2-21-10)9(6-17)14(8)23-11/h4-5H,2-3H2,1H3,(H,19,20). The number of thiophene rings is 1. The van der Waals surface area contributed by atoms with E-state index in [4.69, 9.17) is 9.47 Å². The molecule has 0 amide bonds. The average Bonchev–Trinajstić information content (AvgIpc) is 3.15. The minimum Gasteiger partial charge on any atom is -0.486 e. The highest BCUT2D eigenvalue weighted by atomic mass is 32.1. The van der Waals surface area contributed by atoms with E-state index >= 15 is 0 Å². The monoisotopic (exact) mass is 358 g/mol. The number of hydrogen-bond donors (Lipinski definition) is 1. The summed E-state index contributed by atoms with van der Waals surface area (Å²) in [5.74, 6) is 0.0646. The van der Waals surface area contributed by atoms with E-state index in [9.17, 15) is 15.2 Å². The number of aromatic nitrogens is 1. The van der Waals surface area contributed by atoms with Gasteiger partial charge in [0.25, 0.3) is 0 Å². The van der Waals surface area contributed by atoms with Crippen LogP contribution in [0.2, 0.25) is 0 Å². The number of fused-ring (bicyclic) bond motifs is 2. The number of ether oxygens (including phenoxy) is 2. The molecule has 0 aliphatic carbocycles. The van der Waals surface area contributed by atoms with Crippen molar-refractivity contribution < 1.29 is 19.4 Å². The van der Waals surface area contributed by atoms with Crippen LogP contribution < -0.4 is 9.47 Å². The summed E-state index contributed by atoms with van der Waals surface area (Å²) in [5.41, 5.74) is 0.941. The number of carboxylic acids is 1. The van der Waals surface area contributed by atoms with Crippen LogP contribution in [0.5, 0.6) is 11.5 Å². The molecule has 0 spiro atoms. The van der Waals surface area contributed by atoms with E-state index in [0.29, 0.717) is 41.0 Å². The molecule has 3 heterocycles. The zero-order valence-corrected chi connectivity index (χ0v) is 14.1. The van der Waals surface area contributed by atoms with Crippen LogP contribution in [-0.2, 0) is 0 Å². The number of carboxylic acid groups (broad SMARTS) is 1. The van der Waals surface area contributed by atoms with Crippen LogP contribution in [0.15, 0.2) is 12.1 Å². The minimum absolute atomic E-state index is 0.230. The van der Waals surface area contributed by atoms with Crippen LogP contribution in [-0.4, -0.2) is 29.3 Å². The summed E-state index contributed by atoms with van der Waals surface area (Å²) in [5, 5.41) is 20.2. The summed E-state index contributed by atoms with van der Waals surface area (Å²) >= 11 is 2.54. The van der Waals surface area contributed by atoms with Crippen LogP contribution in [0.3, 0.4) is 0 Å². The van der Waals surface area contributed by atoms with E-state index in [1.807, 2.05) is 12.1 Å². The summed E-state index contributed by atoms with van der Waals surface area (Å²) in [4.78, 5) is 16.6. The second-order valence-electron chi connectivity index (χ2n) is 5.16. The van der Waals surface area contributed by atoms with E-state index in [-0.39, 0.29) is 4.88 Å². The molecular formula is C16H10N2O4S2. The van der Waals surface area contributed by atoms with Crippen LogP contribution in [0.1, 0.15) is 20.9 Å². The second kappa shape index (κ2) is 5.47. The molecule has 6 nitrogen and oxygen atoms in total. The van der Waals surface area contributed by atoms with Gasteiger partial charge in [0.1, 0.15) is 34.7 Å². The van der Waals surface area contributed by atoms with Gasteiger partial charge in [-0.05, 0) is 24.4 Å². The molecule has 0 bridgehead atoms. The third kappa shape index (κ3) is 2.21. The zero-order valence-electron chi connectivity index (χ0n) is 12.5. The summed E-state index contributed by atoms with van der Waals surface area (Å²) in [7, 11) is 0. The number of nitrogens with zero attached hydrogens (tertiary/aromatic N) is 2.